The average Bonchev–Trinajstić information content (AvgIpc) is 3.23. The predicted molar refractivity (Wildman–Crippen MR) is 131 cm³/mol. The van der Waals surface area contributed by atoms with Gasteiger partial charge < -0.3 is 0 Å². The Kier molecular flexibility index (Phi) is 13.3. The van der Waals surface area contributed by atoms with Gasteiger partial charge in [0.05, 0.1) is 0 Å². The van der Waals surface area contributed by atoms with Crippen LogP contribution < -0.4 is 0 Å². The maximum Gasteiger partial charge on any atom is 0.148 e. The summed E-state index contributed by atoms with van der Waals surface area (Å²) in [5.41, 5.74) is 0.375. The summed E-state index contributed by atoms with van der Waals surface area (Å²) in [6.07, 6.45) is 20.8. The van der Waals surface area contributed by atoms with E-state index < -0.39 is 0 Å². The molecule has 2 unspecified atom stereocenters. The van der Waals surface area contributed by atoms with Crippen molar-refractivity contribution < 1.29 is 0 Å². The summed E-state index contributed by atoms with van der Waals surface area (Å²) in [5, 5.41) is 1.31. The first kappa shape index (κ1) is 26.6. The molecule has 0 bridgehead atoms. The zero-order valence-electron chi connectivity index (χ0n) is 20.6. The number of rotatable bonds is 18. The largest absolute Gasteiger partial charge is 0.223 e. The Balaban J connectivity index is 2.96. The second-order valence-electron chi connectivity index (χ2n) is 9.87. The van der Waals surface area contributed by atoms with Crippen LogP contribution in [0.1, 0.15) is 155 Å². The van der Waals surface area contributed by atoms with Crippen LogP contribution in [-0.4, -0.2) is 9.36 Å². The molecule has 0 fully saturated rings. The normalized spacial score (nSPS) is 15.9. The van der Waals surface area contributed by atoms with Crippen LogP contribution >= 0.6 is 11.5 Å². The molecule has 0 aliphatic heterocycles. The molecule has 29 heavy (non-hydrogen) atoms. The fourth-order valence-electron chi connectivity index (χ4n) is 4.42. The molecule has 0 saturated heterocycles. The van der Waals surface area contributed by atoms with E-state index in [0.717, 1.165) is 5.82 Å². The number of unbranched alkanes of at least 4 members (excludes halogenated alkanes) is 8. The minimum atomic E-state index is 0.159. The summed E-state index contributed by atoms with van der Waals surface area (Å²) >= 11 is 1.71. The fourth-order valence-corrected chi connectivity index (χ4v) is 5.40. The van der Waals surface area contributed by atoms with Gasteiger partial charge in [-0.2, -0.15) is 4.37 Å². The lowest BCUT2D eigenvalue weighted by atomic mass is 9.78. The molecule has 0 aliphatic carbocycles. The van der Waals surface area contributed by atoms with Crippen LogP contribution in [0, 0.1) is 0 Å². The van der Waals surface area contributed by atoms with Gasteiger partial charge in [-0.3, -0.25) is 0 Å². The number of nitrogens with zero attached hydrogens (tertiary/aromatic N) is 2. The molecule has 1 rings (SSSR count). The summed E-state index contributed by atoms with van der Waals surface area (Å²) in [4.78, 5) is 5.27. The Labute approximate surface area is 186 Å². The zero-order valence-corrected chi connectivity index (χ0v) is 21.4. The number of aromatic nitrogens is 2. The molecule has 0 N–H and O–H groups in total. The summed E-state index contributed by atoms with van der Waals surface area (Å²) in [6, 6.07) is 0. The highest BCUT2D eigenvalue weighted by atomic mass is 32.1. The summed E-state index contributed by atoms with van der Waals surface area (Å²) in [6.45, 7) is 14.1. The molecular formula is C26H50N2S. The van der Waals surface area contributed by atoms with Crippen molar-refractivity contribution in [1.29, 1.82) is 0 Å². The Bertz CT molecular complexity index is 482. The van der Waals surface area contributed by atoms with E-state index in [-0.39, 0.29) is 10.8 Å². The summed E-state index contributed by atoms with van der Waals surface area (Å²) in [7, 11) is 0. The topological polar surface area (TPSA) is 25.8 Å². The lowest BCUT2D eigenvalue weighted by Crippen LogP contribution is -2.26. The van der Waals surface area contributed by atoms with Crippen LogP contribution in [0.25, 0.3) is 0 Å². The van der Waals surface area contributed by atoms with E-state index in [1.54, 1.807) is 11.5 Å². The molecule has 1 aromatic rings. The molecule has 0 radical (unpaired) electrons. The second-order valence-corrected chi connectivity index (χ2v) is 10.6. The molecule has 0 saturated carbocycles. The lowest BCUT2D eigenvalue weighted by molar-refractivity contribution is 0.343. The third-order valence-electron chi connectivity index (χ3n) is 6.81. The van der Waals surface area contributed by atoms with Crippen molar-refractivity contribution >= 4 is 11.5 Å². The maximum absolute atomic E-state index is 5.27. The molecule has 0 amide bonds. The number of hydrogen-bond donors (Lipinski definition) is 0. The minimum absolute atomic E-state index is 0.159. The van der Waals surface area contributed by atoms with E-state index in [1.165, 1.54) is 108 Å². The Morgan fingerprint density at radius 3 is 1.55 bits per heavy atom. The smallest absolute Gasteiger partial charge is 0.148 e. The standard InChI is InChI=1S/C26H50N2S/c1-7-11-15-17-21-25(5,19-13-9-3)23-27-24(29-28-23)26(6,20-14-10-4)22-18-16-12-8-2/h7-22H2,1-6H3. The highest BCUT2D eigenvalue weighted by Gasteiger charge is 2.34. The third kappa shape index (κ3) is 9.07. The first-order valence-electron chi connectivity index (χ1n) is 12.8. The van der Waals surface area contributed by atoms with Crippen LogP contribution in [0.4, 0.5) is 0 Å². The molecule has 0 aliphatic rings. The van der Waals surface area contributed by atoms with Gasteiger partial charge in [-0.15, -0.1) is 0 Å². The Morgan fingerprint density at radius 2 is 1.03 bits per heavy atom. The van der Waals surface area contributed by atoms with E-state index in [4.69, 9.17) is 9.36 Å². The van der Waals surface area contributed by atoms with Gasteiger partial charge in [0, 0.05) is 10.8 Å². The van der Waals surface area contributed by atoms with Crippen molar-refractivity contribution in [3.05, 3.63) is 10.8 Å². The molecule has 2 atom stereocenters. The van der Waals surface area contributed by atoms with Gasteiger partial charge in [0.15, 0.2) is 0 Å². The second kappa shape index (κ2) is 14.5. The average molecular weight is 423 g/mol. The SMILES string of the molecule is CCCCCCC(C)(CCCC)c1nsc(C(C)(CCCC)CCCCCC)n1. The minimum Gasteiger partial charge on any atom is -0.223 e. The monoisotopic (exact) mass is 422 g/mol. The predicted octanol–water partition coefficient (Wildman–Crippen LogP) is 9.37. The van der Waals surface area contributed by atoms with Gasteiger partial charge >= 0.3 is 0 Å². The first-order chi connectivity index (χ1) is 14.0. The molecular weight excluding hydrogens is 372 g/mol. The van der Waals surface area contributed by atoms with E-state index in [2.05, 4.69) is 41.5 Å². The van der Waals surface area contributed by atoms with Crippen molar-refractivity contribution in [2.24, 2.45) is 0 Å². The van der Waals surface area contributed by atoms with Crippen molar-refractivity contribution in [2.45, 2.75) is 155 Å². The van der Waals surface area contributed by atoms with Gasteiger partial charge in [0.25, 0.3) is 0 Å². The zero-order chi connectivity index (χ0) is 21.6. The Morgan fingerprint density at radius 1 is 0.586 bits per heavy atom. The van der Waals surface area contributed by atoms with E-state index in [1.807, 2.05) is 0 Å². The molecule has 1 aromatic heterocycles. The van der Waals surface area contributed by atoms with Gasteiger partial charge in [-0.1, -0.05) is 119 Å². The van der Waals surface area contributed by atoms with Crippen molar-refractivity contribution in [1.82, 2.24) is 9.36 Å². The maximum atomic E-state index is 5.27. The van der Waals surface area contributed by atoms with Crippen LogP contribution in [0.2, 0.25) is 0 Å². The van der Waals surface area contributed by atoms with E-state index in [9.17, 15) is 0 Å². The van der Waals surface area contributed by atoms with Gasteiger partial charge in [-0.25, -0.2) is 4.98 Å². The summed E-state index contributed by atoms with van der Waals surface area (Å²) < 4.78 is 4.99. The van der Waals surface area contributed by atoms with Gasteiger partial charge in [0.2, 0.25) is 0 Å². The third-order valence-corrected chi connectivity index (χ3v) is 7.83. The van der Waals surface area contributed by atoms with Crippen LogP contribution in [0.5, 0.6) is 0 Å². The van der Waals surface area contributed by atoms with Crippen molar-refractivity contribution in [3.63, 3.8) is 0 Å². The Hall–Kier alpha value is -0.440. The fraction of sp³-hybridized carbons (Fsp3) is 0.923. The molecule has 0 spiro atoms. The highest BCUT2D eigenvalue weighted by Crippen LogP contribution is 2.40. The first-order valence-corrected chi connectivity index (χ1v) is 13.6. The molecule has 3 heteroatoms. The lowest BCUT2D eigenvalue weighted by Gasteiger charge is -2.29. The number of hydrogen-bond acceptors (Lipinski definition) is 3. The van der Waals surface area contributed by atoms with E-state index in [0.29, 0.717) is 0 Å². The quantitative estimate of drug-likeness (QED) is 0.220. The molecule has 2 nitrogen and oxygen atoms in total. The van der Waals surface area contributed by atoms with E-state index >= 15 is 0 Å². The van der Waals surface area contributed by atoms with Gasteiger partial charge in [0.1, 0.15) is 10.8 Å². The van der Waals surface area contributed by atoms with Crippen LogP contribution in [-0.2, 0) is 10.8 Å². The van der Waals surface area contributed by atoms with Crippen LogP contribution in [0.15, 0.2) is 0 Å². The highest BCUT2D eigenvalue weighted by molar-refractivity contribution is 7.05. The molecule has 0 aromatic carbocycles. The van der Waals surface area contributed by atoms with Gasteiger partial charge in [-0.05, 0) is 37.2 Å². The molecule has 1 heterocycles. The molecule has 170 valence electrons. The summed E-state index contributed by atoms with van der Waals surface area (Å²) in [5.74, 6) is 1.15. The van der Waals surface area contributed by atoms with Crippen molar-refractivity contribution in [2.75, 3.05) is 0 Å². The van der Waals surface area contributed by atoms with Crippen LogP contribution in [0.3, 0.4) is 0 Å². The van der Waals surface area contributed by atoms with Crippen molar-refractivity contribution in [3.8, 4) is 0 Å².